The van der Waals surface area contributed by atoms with Crippen molar-refractivity contribution in [1.82, 2.24) is 10.3 Å². The number of hydrogen-bond acceptors (Lipinski definition) is 3. The van der Waals surface area contributed by atoms with Crippen LogP contribution in [0.3, 0.4) is 0 Å². The first kappa shape index (κ1) is 10.7. The third kappa shape index (κ3) is 3.18. The number of nitrogens with zero attached hydrogens (tertiary/aromatic N) is 1. The molecule has 0 aliphatic rings. The standard InChI is InChI=1S/C9H14N4S/c1-2-4-12-9(14)13-8-6-11-5-3-7(8)10/h3,5-6H,2,4H2,1H3,(H2,10,11)(H2,12,13,14). The summed E-state index contributed by atoms with van der Waals surface area (Å²) in [6.07, 6.45) is 4.32. The topological polar surface area (TPSA) is 63.0 Å². The van der Waals surface area contributed by atoms with E-state index in [9.17, 15) is 0 Å². The monoisotopic (exact) mass is 210 g/mol. The van der Waals surface area contributed by atoms with Gasteiger partial charge in [-0.1, -0.05) is 6.92 Å². The summed E-state index contributed by atoms with van der Waals surface area (Å²) >= 11 is 5.06. The van der Waals surface area contributed by atoms with Gasteiger partial charge >= 0.3 is 0 Å². The van der Waals surface area contributed by atoms with Crippen LogP contribution in [0.1, 0.15) is 13.3 Å². The summed E-state index contributed by atoms with van der Waals surface area (Å²) in [5.41, 5.74) is 7.08. The van der Waals surface area contributed by atoms with Crippen molar-refractivity contribution in [3.63, 3.8) is 0 Å². The molecule has 0 radical (unpaired) electrons. The lowest BCUT2D eigenvalue weighted by atomic mass is 10.3. The second-order valence-electron chi connectivity index (χ2n) is 2.84. The van der Waals surface area contributed by atoms with Crippen molar-refractivity contribution < 1.29 is 0 Å². The van der Waals surface area contributed by atoms with E-state index in [0.29, 0.717) is 10.8 Å². The van der Waals surface area contributed by atoms with Gasteiger partial charge in [-0.05, 0) is 24.7 Å². The average molecular weight is 210 g/mol. The molecule has 4 N–H and O–H groups in total. The van der Waals surface area contributed by atoms with E-state index < -0.39 is 0 Å². The summed E-state index contributed by atoms with van der Waals surface area (Å²) in [7, 11) is 0. The lowest BCUT2D eigenvalue weighted by molar-refractivity contribution is 0.846. The minimum atomic E-state index is 0.576. The highest BCUT2D eigenvalue weighted by molar-refractivity contribution is 7.80. The Morgan fingerprint density at radius 1 is 1.64 bits per heavy atom. The average Bonchev–Trinajstić information content (AvgIpc) is 2.18. The molecule has 0 aromatic carbocycles. The predicted molar refractivity (Wildman–Crippen MR) is 63.2 cm³/mol. The number of nitrogens with two attached hydrogens (primary N) is 1. The fraction of sp³-hybridized carbons (Fsp3) is 0.333. The van der Waals surface area contributed by atoms with E-state index in [2.05, 4.69) is 22.5 Å². The van der Waals surface area contributed by atoms with Crippen molar-refractivity contribution in [2.45, 2.75) is 13.3 Å². The fourth-order valence-corrected chi connectivity index (χ4v) is 1.13. The molecule has 1 rings (SSSR count). The van der Waals surface area contributed by atoms with Crippen LogP contribution in [0.15, 0.2) is 18.5 Å². The van der Waals surface area contributed by atoms with E-state index in [1.165, 1.54) is 0 Å². The number of rotatable bonds is 3. The van der Waals surface area contributed by atoms with Crippen molar-refractivity contribution in [3.8, 4) is 0 Å². The lowest BCUT2D eigenvalue weighted by Gasteiger charge is -2.10. The fourth-order valence-electron chi connectivity index (χ4n) is 0.915. The maximum atomic E-state index is 5.71. The maximum Gasteiger partial charge on any atom is 0.170 e. The first-order valence-electron chi connectivity index (χ1n) is 4.48. The third-order valence-electron chi connectivity index (χ3n) is 1.64. The normalized spacial score (nSPS) is 9.50. The molecule has 4 nitrogen and oxygen atoms in total. The zero-order valence-electron chi connectivity index (χ0n) is 8.08. The predicted octanol–water partition coefficient (Wildman–Crippen LogP) is 1.36. The molecule has 0 saturated carbocycles. The van der Waals surface area contributed by atoms with Crippen molar-refractivity contribution >= 4 is 28.7 Å². The Balaban J connectivity index is 2.52. The van der Waals surface area contributed by atoms with Crippen LogP contribution in [0, 0.1) is 0 Å². The van der Waals surface area contributed by atoms with Crippen LogP contribution in [0.4, 0.5) is 11.4 Å². The van der Waals surface area contributed by atoms with Crippen molar-refractivity contribution in [2.24, 2.45) is 0 Å². The van der Waals surface area contributed by atoms with Gasteiger partial charge < -0.3 is 16.4 Å². The first-order chi connectivity index (χ1) is 6.74. The molecule has 14 heavy (non-hydrogen) atoms. The molecule has 1 aromatic rings. The maximum absolute atomic E-state index is 5.71. The van der Waals surface area contributed by atoms with Gasteiger partial charge in [-0.2, -0.15) is 0 Å². The Kier molecular flexibility index (Phi) is 4.12. The molecule has 76 valence electrons. The summed E-state index contributed by atoms with van der Waals surface area (Å²) in [6.45, 7) is 2.93. The Morgan fingerprint density at radius 3 is 3.07 bits per heavy atom. The highest BCUT2D eigenvalue weighted by Gasteiger charge is 1.99. The number of nitrogen functional groups attached to an aromatic ring is 1. The Morgan fingerprint density at radius 2 is 2.43 bits per heavy atom. The molecule has 0 atom stereocenters. The van der Waals surface area contributed by atoms with Gasteiger partial charge in [0.05, 0.1) is 17.6 Å². The molecule has 5 heteroatoms. The summed E-state index contributed by atoms with van der Waals surface area (Å²) in [6, 6.07) is 1.73. The summed E-state index contributed by atoms with van der Waals surface area (Å²) in [5.74, 6) is 0. The Hall–Kier alpha value is -1.36. The molecular formula is C9H14N4S. The van der Waals surface area contributed by atoms with Gasteiger partial charge in [-0.15, -0.1) is 0 Å². The van der Waals surface area contributed by atoms with Crippen LogP contribution >= 0.6 is 12.2 Å². The SMILES string of the molecule is CCCNC(=S)Nc1cnccc1N. The zero-order chi connectivity index (χ0) is 10.4. The zero-order valence-corrected chi connectivity index (χ0v) is 8.90. The van der Waals surface area contributed by atoms with Crippen LogP contribution in [0.5, 0.6) is 0 Å². The molecule has 1 aromatic heterocycles. The molecule has 0 aliphatic carbocycles. The summed E-state index contributed by atoms with van der Waals surface area (Å²) < 4.78 is 0. The highest BCUT2D eigenvalue weighted by Crippen LogP contribution is 2.14. The van der Waals surface area contributed by atoms with E-state index in [4.69, 9.17) is 18.0 Å². The van der Waals surface area contributed by atoms with Gasteiger partial charge in [0.2, 0.25) is 0 Å². The van der Waals surface area contributed by atoms with E-state index >= 15 is 0 Å². The van der Waals surface area contributed by atoms with Crippen LogP contribution in [-0.2, 0) is 0 Å². The molecule has 0 unspecified atom stereocenters. The molecule has 0 spiro atoms. The number of nitrogens with one attached hydrogen (secondary N) is 2. The second kappa shape index (κ2) is 5.39. The van der Waals surface area contributed by atoms with Gasteiger partial charge in [0.15, 0.2) is 5.11 Å². The van der Waals surface area contributed by atoms with Crippen LogP contribution in [0.2, 0.25) is 0 Å². The number of thiocarbonyl (C=S) groups is 1. The minimum absolute atomic E-state index is 0.576. The number of hydrogen-bond donors (Lipinski definition) is 3. The smallest absolute Gasteiger partial charge is 0.170 e. The Labute approximate surface area is 88.9 Å². The highest BCUT2D eigenvalue weighted by atomic mass is 32.1. The minimum Gasteiger partial charge on any atom is -0.397 e. The third-order valence-corrected chi connectivity index (χ3v) is 1.88. The number of aromatic nitrogens is 1. The largest absolute Gasteiger partial charge is 0.397 e. The Bertz CT molecular complexity index is 313. The van der Waals surface area contributed by atoms with Crippen molar-refractivity contribution in [3.05, 3.63) is 18.5 Å². The molecule has 1 heterocycles. The van der Waals surface area contributed by atoms with Crippen molar-refractivity contribution in [1.29, 1.82) is 0 Å². The van der Waals surface area contributed by atoms with E-state index in [1.54, 1.807) is 18.5 Å². The number of anilines is 2. The van der Waals surface area contributed by atoms with Gasteiger partial charge in [-0.3, -0.25) is 4.98 Å². The van der Waals surface area contributed by atoms with E-state index in [-0.39, 0.29) is 0 Å². The van der Waals surface area contributed by atoms with Gasteiger partial charge in [0, 0.05) is 12.7 Å². The first-order valence-corrected chi connectivity index (χ1v) is 4.89. The molecule has 0 amide bonds. The van der Waals surface area contributed by atoms with Crippen LogP contribution < -0.4 is 16.4 Å². The number of pyridine rings is 1. The van der Waals surface area contributed by atoms with Gasteiger partial charge in [0.25, 0.3) is 0 Å². The van der Waals surface area contributed by atoms with Gasteiger partial charge in [-0.25, -0.2) is 0 Å². The quantitative estimate of drug-likeness (QED) is 0.657. The lowest BCUT2D eigenvalue weighted by Crippen LogP contribution is -2.29. The van der Waals surface area contributed by atoms with Crippen LogP contribution in [0.25, 0.3) is 0 Å². The van der Waals surface area contributed by atoms with Crippen molar-refractivity contribution in [2.75, 3.05) is 17.6 Å². The summed E-state index contributed by atoms with van der Waals surface area (Å²) in [4.78, 5) is 3.95. The molecule has 0 fully saturated rings. The van der Waals surface area contributed by atoms with E-state index in [1.807, 2.05) is 0 Å². The van der Waals surface area contributed by atoms with Crippen LogP contribution in [-0.4, -0.2) is 16.6 Å². The second-order valence-corrected chi connectivity index (χ2v) is 3.25. The molecule has 0 aliphatic heterocycles. The molecule has 0 saturated heterocycles. The van der Waals surface area contributed by atoms with E-state index in [0.717, 1.165) is 18.7 Å². The van der Waals surface area contributed by atoms with Gasteiger partial charge in [0.1, 0.15) is 0 Å². The molecular weight excluding hydrogens is 196 g/mol. The summed E-state index contributed by atoms with van der Waals surface area (Å²) in [5, 5.41) is 6.60. The molecule has 0 bridgehead atoms.